The maximum absolute atomic E-state index is 12.0. The Kier molecular flexibility index (Phi) is 5.15. The Balaban J connectivity index is 1.68. The lowest BCUT2D eigenvalue weighted by Gasteiger charge is -2.06. The molecule has 0 fully saturated rings. The fourth-order valence-corrected chi connectivity index (χ4v) is 2.85. The van der Waals surface area contributed by atoms with E-state index in [1.807, 2.05) is 30.3 Å². The third-order valence-corrected chi connectivity index (χ3v) is 4.13. The maximum atomic E-state index is 12.0. The predicted molar refractivity (Wildman–Crippen MR) is 97.8 cm³/mol. The van der Waals surface area contributed by atoms with Crippen molar-refractivity contribution in [3.05, 3.63) is 71.0 Å². The highest BCUT2D eigenvalue weighted by molar-refractivity contribution is 7.99. The van der Waals surface area contributed by atoms with E-state index in [4.69, 9.17) is 0 Å². The van der Waals surface area contributed by atoms with Crippen molar-refractivity contribution in [2.75, 3.05) is 11.1 Å². The lowest BCUT2D eigenvalue weighted by molar-refractivity contribution is -0.113. The van der Waals surface area contributed by atoms with Gasteiger partial charge in [0, 0.05) is 23.4 Å². The Morgan fingerprint density at radius 3 is 2.68 bits per heavy atom. The van der Waals surface area contributed by atoms with Crippen LogP contribution >= 0.6 is 11.8 Å². The monoisotopic (exact) mass is 353 g/mol. The van der Waals surface area contributed by atoms with Crippen molar-refractivity contribution in [2.24, 2.45) is 0 Å². The summed E-state index contributed by atoms with van der Waals surface area (Å²) in [7, 11) is 0. The van der Waals surface area contributed by atoms with Gasteiger partial charge in [0.1, 0.15) is 5.75 Å². The summed E-state index contributed by atoms with van der Waals surface area (Å²) in [5.41, 5.74) is 1.62. The molecule has 0 aliphatic rings. The summed E-state index contributed by atoms with van der Waals surface area (Å²) < 4.78 is 0. The number of thioether (sulfide) groups is 1. The number of rotatable bonds is 5. The molecule has 0 saturated carbocycles. The molecule has 0 radical (unpaired) electrons. The Bertz CT molecular complexity index is 942. The topological polar surface area (TPSA) is 95.1 Å². The van der Waals surface area contributed by atoms with Crippen molar-refractivity contribution in [2.45, 2.75) is 5.16 Å². The van der Waals surface area contributed by atoms with E-state index in [2.05, 4.69) is 15.3 Å². The summed E-state index contributed by atoms with van der Waals surface area (Å²) in [6.07, 6.45) is 0. The second-order valence-electron chi connectivity index (χ2n) is 5.19. The van der Waals surface area contributed by atoms with Crippen LogP contribution in [0.25, 0.3) is 11.3 Å². The number of nitrogens with one attached hydrogen (secondary N) is 2. The van der Waals surface area contributed by atoms with Crippen molar-refractivity contribution in [1.29, 1.82) is 0 Å². The first-order valence-corrected chi connectivity index (χ1v) is 8.47. The SMILES string of the molecule is O=C(CSc1nc(-c2ccccc2)cc(=O)[nH]1)Nc1cccc(O)c1. The largest absolute Gasteiger partial charge is 0.508 e. The number of anilines is 1. The van der Waals surface area contributed by atoms with Gasteiger partial charge in [-0.05, 0) is 12.1 Å². The molecule has 1 aromatic heterocycles. The zero-order valence-electron chi connectivity index (χ0n) is 13.1. The lowest BCUT2D eigenvalue weighted by atomic mass is 10.1. The number of phenolic OH excluding ortho intramolecular Hbond substituents is 1. The Labute approximate surface area is 148 Å². The minimum atomic E-state index is -0.273. The van der Waals surface area contributed by atoms with Crippen LogP contribution in [0.1, 0.15) is 0 Å². The number of phenols is 1. The normalized spacial score (nSPS) is 10.4. The molecule has 3 rings (SSSR count). The minimum Gasteiger partial charge on any atom is -0.508 e. The first-order chi connectivity index (χ1) is 12.1. The van der Waals surface area contributed by atoms with Crippen LogP contribution in [0, 0.1) is 0 Å². The number of aromatic amines is 1. The van der Waals surface area contributed by atoms with Crippen molar-refractivity contribution in [1.82, 2.24) is 9.97 Å². The Hall–Kier alpha value is -3.06. The molecule has 25 heavy (non-hydrogen) atoms. The number of carbonyl (C=O) groups is 1. The van der Waals surface area contributed by atoms with E-state index < -0.39 is 0 Å². The first-order valence-electron chi connectivity index (χ1n) is 7.48. The number of amides is 1. The second kappa shape index (κ2) is 7.67. The molecule has 0 aliphatic heterocycles. The molecule has 126 valence electrons. The van der Waals surface area contributed by atoms with Gasteiger partial charge in [-0.1, -0.05) is 48.2 Å². The fraction of sp³-hybridized carbons (Fsp3) is 0.0556. The summed E-state index contributed by atoms with van der Waals surface area (Å²) in [6, 6.07) is 17.1. The highest BCUT2D eigenvalue weighted by Crippen LogP contribution is 2.19. The van der Waals surface area contributed by atoms with Crippen LogP contribution < -0.4 is 10.9 Å². The van der Waals surface area contributed by atoms with E-state index in [1.165, 1.54) is 18.2 Å². The highest BCUT2D eigenvalue weighted by atomic mass is 32.2. The molecule has 3 N–H and O–H groups in total. The van der Waals surface area contributed by atoms with Gasteiger partial charge in [0.05, 0.1) is 11.4 Å². The third kappa shape index (κ3) is 4.71. The predicted octanol–water partition coefficient (Wildman–Crippen LogP) is 2.87. The fourth-order valence-electron chi connectivity index (χ4n) is 2.18. The standard InChI is InChI=1S/C18H15N3O3S/c22-14-8-4-7-13(9-14)19-17(24)11-25-18-20-15(10-16(23)21-18)12-5-2-1-3-6-12/h1-10,22H,11H2,(H,19,24)(H,20,21,23). The molecule has 3 aromatic rings. The quantitative estimate of drug-likeness (QED) is 0.484. The number of nitrogens with zero attached hydrogens (tertiary/aromatic N) is 1. The molecule has 0 unspecified atom stereocenters. The maximum Gasteiger partial charge on any atom is 0.252 e. The highest BCUT2D eigenvalue weighted by Gasteiger charge is 2.08. The van der Waals surface area contributed by atoms with E-state index in [0.29, 0.717) is 16.5 Å². The molecule has 1 heterocycles. The van der Waals surface area contributed by atoms with Gasteiger partial charge >= 0.3 is 0 Å². The number of hydrogen-bond acceptors (Lipinski definition) is 5. The molecule has 0 spiro atoms. The van der Waals surface area contributed by atoms with Crippen LogP contribution in [0.15, 0.2) is 70.6 Å². The van der Waals surface area contributed by atoms with Crippen LogP contribution in [0.5, 0.6) is 5.75 Å². The van der Waals surface area contributed by atoms with Crippen LogP contribution in [0.3, 0.4) is 0 Å². The Morgan fingerprint density at radius 1 is 1.12 bits per heavy atom. The van der Waals surface area contributed by atoms with Crippen molar-refractivity contribution in [3.8, 4) is 17.0 Å². The molecule has 0 aliphatic carbocycles. The van der Waals surface area contributed by atoms with Gasteiger partial charge in [-0.2, -0.15) is 0 Å². The summed E-state index contributed by atoms with van der Waals surface area (Å²) in [4.78, 5) is 30.8. The van der Waals surface area contributed by atoms with E-state index in [9.17, 15) is 14.7 Å². The number of benzene rings is 2. The van der Waals surface area contributed by atoms with Crippen LogP contribution in [0.2, 0.25) is 0 Å². The number of hydrogen-bond donors (Lipinski definition) is 3. The van der Waals surface area contributed by atoms with E-state index in [0.717, 1.165) is 17.3 Å². The van der Waals surface area contributed by atoms with Crippen LogP contribution in [0.4, 0.5) is 5.69 Å². The Morgan fingerprint density at radius 2 is 1.92 bits per heavy atom. The van der Waals surface area contributed by atoms with Crippen LogP contribution in [-0.4, -0.2) is 26.7 Å². The summed E-state index contributed by atoms with van der Waals surface area (Å²) in [5, 5.41) is 12.4. The molecular formula is C18H15N3O3S. The molecule has 0 bridgehead atoms. The van der Waals surface area contributed by atoms with Crippen molar-refractivity contribution < 1.29 is 9.90 Å². The van der Waals surface area contributed by atoms with Crippen LogP contribution in [-0.2, 0) is 4.79 Å². The third-order valence-electron chi connectivity index (χ3n) is 3.26. The first kappa shape index (κ1) is 16.8. The van der Waals surface area contributed by atoms with Gasteiger partial charge in [0.2, 0.25) is 5.91 Å². The van der Waals surface area contributed by atoms with Gasteiger partial charge < -0.3 is 15.4 Å². The average Bonchev–Trinajstić information content (AvgIpc) is 2.60. The molecule has 7 heteroatoms. The zero-order valence-corrected chi connectivity index (χ0v) is 13.9. The van der Waals surface area contributed by atoms with Gasteiger partial charge in [-0.15, -0.1) is 0 Å². The molecule has 1 amide bonds. The smallest absolute Gasteiger partial charge is 0.252 e. The van der Waals surface area contributed by atoms with Gasteiger partial charge in [-0.25, -0.2) is 4.98 Å². The number of H-pyrrole nitrogens is 1. The van der Waals surface area contributed by atoms with Gasteiger partial charge in [-0.3, -0.25) is 9.59 Å². The number of aromatic hydroxyl groups is 1. The molecule has 6 nitrogen and oxygen atoms in total. The van der Waals surface area contributed by atoms with Crippen molar-refractivity contribution >= 4 is 23.4 Å². The number of aromatic nitrogens is 2. The van der Waals surface area contributed by atoms with E-state index in [-0.39, 0.29) is 23.0 Å². The summed E-state index contributed by atoms with van der Waals surface area (Å²) in [5.74, 6) is -0.105. The van der Waals surface area contributed by atoms with E-state index in [1.54, 1.807) is 12.1 Å². The summed E-state index contributed by atoms with van der Waals surface area (Å²) in [6.45, 7) is 0. The zero-order chi connectivity index (χ0) is 17.6. The van der Waals surface area contributed by atoms with Gasteiger partial charge in [0.15, 0.2) is 5.16 Å². The molecular weight excluding hydrogens is 338 g/mol. The molecule has 0 saturated heterocycles. The number of carbonyl (C=O) groups excluding carboxylic acids is 1. The van der Waals surface area contributed by atoms with Gasteiger partial charge in [0.25, 0.3) is 5.56 Å². The summed E-state index contributed by atoms with van der Waals surface area (Å²) >= 11 is 1.13. The molecule has 2 aromatic carbocycles. The van der Waals surface area contributed by atoms with E-state index >= 15 is 0 Å². The van der Waals surface area contributed by atoms with Crippen molar-refractivity contribution in [3.63, 3.8) is 0 Å². The minimum absolute atomic E-state index is 0.0759. The average molecular weight is 353 g/mol. The lowest BCUT2D eigenvalue weighted by Crippen LogP contribution is -2.15. The molecule has 0 atom stereocenters. The second-order valence-corrected chi connectivity index (χ2v) is 6.15.